The highest BCUT2D eigenvalue weighted by Gasteiger charge is 2.39. The highest BCUT2D eigenvalue weighted by Crippen LogP contribution is 2.41. The Kier molecular flexibility index (Phi) is 5.20. The smallest absolute Gasteiger partial charge is 0.276 e. The normalized spacial score (nSPS) is 18.1. The Bertz CT molecular complexity index is 1050. The van der Waals surface area contributed by atoms with Gasteiger partial charge in [0.2, 0.25) is 5.92 Å². The van der Waals surface area contributed by atoms with Crippen LogP contribution in [-0.4, -0.2) is 41.7 Å². The number of amides is 1. The van der Waals surface area contributed by atoms with Gasteiger partial charge in [0, 0.05) is 12.8 Å². The number of alkyl halides is 2. The minimum atomic E-state index is -2.67. The van der Waals surface area contributed by atoms with E-state index in [1.54, 1.807) is 19.3 Å². The van der Waals surface area contributed by atoms with Crippen molar-refractivity contribution in [2.24, 2.45) is 5.92 Å². The molecule has 1 aliphatic carbocycles. The van der Waals surface area contributed by atoms with Crippen molar-refractivity contribution in [3.05, 3.63) is 35.2 Å². The van der Waals surface area contributed by atoms with E-state index >= 15 is 0 Å². The quantitative estimate of drug-likeness (QED) is 0.676. The molecule has 0 radical (unpaired) electrons. The predicted octanol–water partition coefficient (Wildman–Crippen LogP) is 3.24. The number of carbonyl (C=O) groups is 1. The molecule has 0 saturated heterocycles. The summed E-state index contributed by atoms with van der Waals surface area (Å²) in [5.41, 5.74) is 1.72. The highest BCUT2D eigenvalue weighted by atomic mass is 19.3. The topological polar surface area (TPSA) is 111 Å². The van der Waals surface area contributed by atoms with E-state index in [1.165, 1.54) is 4.52 Å². The van der Waals surface area contributed by atoms with E-state index in [2.05, 4.69) is 35.3 Å². The van der Waals surface area contributed by atoms with E-state index < -0.39 is 17.9 Å². The molecule has 9 nitrogen and oxygen atoms in total. The van der Waals surface area contributed by atoms with E-state index in [9.17, 15) is 13.6 Å². The van der Waals surface area contributed by atoms with Crippen LogP contribution in [0.3, 0.4) is 0 Å². The van der Waals surface area contributed by atoms with Crippen LogP contribution in [0, 0.1) is 12.8 Å². The molecule has 0 aromatic carbocycles. The van der Waals surface area contributed by atoms with E-state index in [4.69, 9.17) is 0 Å². The maximum atomic E-state index is 13.7. The van der Waals surface area contributed by atoms with Gasteiger partial charge in [-0.3, -0.25) is 4.79 Å². The van der Waals surface area contributed by atoms with E-state index in [0.29, 0.717) is 17.2 Å². The zero-order valence-electron chi connectivity index (χ0n) is 17.0. The number of nitrogens with zero attached hydrogens (tertiary/aromatic N) is 6. The number of fused-ring (bicyclic) bond motifs is 1. The Balaban J connectivity index is 1.67. The van der Waals surface area contributed by atoms with Gasteiger partial charge < -0.3 is 5.32 Å². The van der Waals surface area contributed by atoms with Crippen LogP contribution in [0.1, 0.15) is 79.1 Å². The Morgan fingerprint density at radius 2 is 1.93 bits per heavy atom. The van der Waals surface area contributed by atoms with Crippen molar-refractivity contribution in [3.8, 4) is 0 Å². The van der Waals surface area contributed by atoms with E-state index in [-0.39, 0.29) is 43.2 Å². The van der Waals surface area contributed by atoms with Gasteiger partial charge in [-0.05, 0) is 36.8 Å². The minimum absolute atomic E-state index is 0.0586. The Labute approximate surface area is 171 Å². The first-order chi connectivity index (χ1) is 14.2. The zero-order chi connectivity index (χ0) is 21.5. The van der Waals surface area contributed by atoms with Gasteiger partial charge in [-0.2, -0.15) is 5.10 Å². The molecule has 3 aromatic rings. The molecule has 1 atom stereocenters. The molecule has 160 valence electrons. The maximum Gasteiger partial charge on any atom is 0.276 e. The number of aromatic nitrogens is 6. The average molecular weight is 419 g/mol. The number of hydrogen-bond donors (Lipinski definition) is 1. The summed E-state index contributed by atoms with van der Waals surface area (Å²) in [7, 11) is 0. The van der Waals surface area contributed by atoms with E-state index in [0.717, 1.165) is 5.69 Å². The molecule has 0 spiro atoms. The summed E-state index contributed by atoms with van der Waals surface area (Å²) in [6.45, 7) is 5.61. The molecular formula is C19H23F2N7O2. The SMILES string of the molecule is Cc1nonc1C(=O)NC(c1cn2ncc(C(C)C)nc2n1)C1CCC(F)(F)CC1. The van der Waals surface area contributed by atoms with Crippen molar-refractivity contribution >= 4 is 11.7 Å². The Morgan fingerprint density at radius 1 is 1.23 bits per heavy atom. The summed E-state index contributed by atoms with van der Waals surface area (Å²) in [5.74, 6) is -2.79. The molecule has 0 bridgehead atoms. The monoisotopic (exact) mass is 419 g/mol. The lowest BCUT2D eigenvalue weighted by Gasteiger charge is -2.33. The van der Waals surface area contributed by atoms with Crippen LogP contribution in [0.25, 0.3) is 5.78 Å². The number of aryl methyl sites for hydroxylation is 1. The minimum Gasteiger partial charge on any atom is -0.342 e. The third-order valence-electron chi connectivity index (χ3n) is 5.53. The molecule has 1 N–H and O–H groups in total. The lowest BCUT2D eigenvalue weighted by Crippen LogP contribution is -2.37. The Morgan fingerprint density at radius 3 is 2.57 bits per heavy atom. The van der Waals surface area contributed by atoms with Crippen molar-refractivity contribution < 1.29 is 18.2 Å². The first-order valence-electron chi connectivity index (χ1n) is 9.93. The molecular weight excluding hydrogens is 396 g/mol. The van der Waals surface area contributed by atoms with Gasteiger partial charge >= 0.3 is 0 Å². The zero-order valence-corrected chi connectivity index (χ0v) is 17.0. The van der Waals surface area contributed by atoms with Crippen LogP contribution in [0.2, 0.25) is 0 Å². The molecule has 0 aliphatic heterocycles. The van der Waals surface area contributed by atoms with Crippen LogP contribution in [-0.2, 0) is 0 Å². The number of hydrogen-bond acceptors (Lipinski definition) is 7. The fourth-order valence-corrected chi connectivity index (χ4v) is 3.71. The second-order valence-electron chi connectivity index (χ2n) is 8.09. The molecule has 1 fully saturated rings. The first kappa shape index (κ1) is 20.3. The third-order valence-corrected chi connectivity index (χ3v) is 5.53. The molecule has 3 heterocycles. The number of halogens is 2. The lowest BCUT2D eigenvalue weighted by atomic mass is 9.81. The summed E-state index contributed by atoms with van der Waals surface area (Å²) < 4.78 is 33.6. The van der Waals surface area contributed by atoms with Gasteiger partial charge in [0.1, 0.15) is 5.69 Å². The molecule has 11 heteroatoms. The second kappa shape index (κ2) is 7.69. The van der Waals surface area contributed by atoms with Gasteiger partial charge in [0.15, 0.2) is 5.69 Å². The molecule has 1 amide bonds. The molecule has 30 heavy (non-hydrogen) atoms. The molecule has 1 unspecified atom stereocenters. The molecule has 3 aromatic heterocycles. The first-order valence-corrected chi connectivity index (χ1v) is 9.93. The van der Waals surface area contributed by atoms with Gasteiger partial charge in [0.05, 0.1) is 29.8 Å². The second-order valence-corrected chi connectivity index (χ2v) is 8.09. The van der Waals surface area contributed by atoms with Crippen LogP contribution in [0.5, 0.6) is 0 Å². The van der Waals surface area contributed by atoms with Crippen LogP contribution >= 0.6 is 0 Å². The van der Waals surface area contributed by atoms with Gasteiger partial charge in [-0.25, -0.2) is 27.9 Å². The highest BCUT2D eigenvalue weighted by molar-refractivity contribution is 5.93. The standard InChI is InChI=1S/C19H23F2N7O2/c1-10(2)13-8-22-28-9-14(24-18(28)23-13)16(12-4-6-19(20,21)7-5-12)25-17(29)15-11(3)26-30-27-15/h8-10,12,16H,4-7H2,1-3H3,(H,25,29). The largest absolute Gasteiger partial charge is 0.342 e. The van der Waals surface area contributed by atoms with Crippen LogP contribution in [0.4, 0.5) is 8.78 Å². The number of carbonyl (C=O) groups excluding carboxylic acids is 1. The Hall–Kier alpha value is -2.98. The number of imidazole rings is 1. The van der Waals surface area contributed by atoms with Crippen LogP contribution < -0.4 is 5.32 Å². The van der Waals surface area contributed by atoms with Gasteiger partial charge in [-0.15, -0.1) is 0 Å². The fraction of sp³-hybridized carbons (Fsp3) is 0.579. The summed E-state index contributed by atoms with van der Waals surface area (Å²) >= 11 is 0. The number of nitrogens with one attached hydrogen (secondary N) is 1. The predicted molar refractivity (Wildman–Crippen MR) is 101 cm³/mol. The van der Waals surface area contributed by atoms with E-state index in [1.807, 2.05) is 13.8 Å². The van der Waals surface area contributed by atoms with Crippen molar-refractivity contribution in [1.29, 1.82) is 0 Å². The fourth-order valence-electron chi connectivity index (χ4n) is 3.71. The third kappa shape index (κ3) is 4.01. The molecule has 1 aliphatic rings. The van der Waals surface area contributed by atoms with Gasteiger partial charge in [-0.1, -0.05) is 19.0 Å². The lowest BCUT2D eigenvalue weighted by molar-refractivity contribution is -0.0495. The molecule has 4 rings (SSSR count). The summed E-state index contributed by atoms with van der Waals surface area (Å²) in [6, 6.07) is -0.587. The summed E-state index contributed by atoms with van der Waals surface area (Å²) in [6.07, 6.45) is 3.42. The molecule has 1 saturated carbocycles. The van der Waals surface area contributed by atoms with Crippen molar-refractivity contribution in [2.75, 3.05) is 0 Å². The summed E-state index contributed by atoms with van der Waals surface area (Å²) in [4.78, 5) is 21.8. The van der Waals surface area contributed by atoms with Crippen molar-refractivity contribution in [3.63, 3.8) is 0 Å². The van der Waals surface area contributed by atoms with Crippen molar-refractivity contribution in [2.45, 2.75) is 64.3 Å². The average Bonchev–Trinajstić information content (AvgIpc) is 3.31. The van der Waals surface area contributed by atoms with Gasteiger partial charge in [0.25, 0.3) is 11.7 Å². The van der Waals surface area contributed by atoms with Crippen molar-refractivity contribution in [1.82, 2.24) is 35.2 Å². The summed E-state index contributed by atoms with van der Waals surface area (Å²) in [5, 5.41) is 14.5. The number of rotatable bonds is 5. The van der Waals surface area contributed by atoms with Crippen LogP contribution in [0.15, 0.2) is 17.0 Å². The maximum absolute atomic E-state index is 13.7.